The van der Waals surface area contributed by atoms with E-state index in [1.165, 1.54) is 18.5 Å². The maximum atomic E-state index is 5.36. The van der Waals surface area contributed by atoms with Gasteiger partial charge in [-0.15, -0.1) is 0 Å². The highest BCUT2D eigenvalue weighted by atomic mass is 32.1. The van der Waals surface area contributed by atoms with Gasteiger partial charge in [0.25, 0.3) is 0 Å². The standard InChI is InChI=1S/C13H24N2S/c1-9(2)6-7-11(5)15-12(10(3)4)8-14-13(15)16/h8-11H,6-7H2,1-5H3,(H,14,16). The summed E-state index contributed by atoms with van der Waals surface area (Å²) in [7, 11) is 0. The second-order valence-electron chi connectivity index (χ2n) is 5.36. The van der Waals surface area contributed by atoms with Gasteiger partial charge in [-0.2, -0.15) is 0 Å². The molecule has 0 radical (unpaired) electrons. The molecular weight excluding hydrogens is 216 g/mol. The van der Waals surface area contributed by atoms with E-state index in [0.717, 1.165) is 10.7 Å². The van der Waals surface area contributed by atoms with Crippen molar-refractivity contribution in [2.24, 2.45) is 5.92 Å². The molecular formula is C13H24N2S. The van der Waals surface area contributed by atoms with E-state index in [4.69, 9.17) is 12.2 Å². The van der Waals surface area contributed by atoms with Gasteiger partial charge in [-0.05, 0) is 43.8 Å². The first kappa shape index (κ1) is 13.5. The molecule has 0 bridgehead atoms. The Labute approximate surface area is 104 Å². The predicted octanol–water partition coefficient (Wildman–Crippen LogP) is 4.67. The van der Waals surface area contributed by atoms with Crippen LogP contribution >= 0.6 is 12.2 Å². The molecule has 1 unspecified atom stereocenters. The summed E-state index contributed by atoms with van der Waals surface area (Å²) in [5, 5.41) is 0. The summed E-state index contributed by atoms with van der Waals surface area (Å²) in [5.41, 5.74) is 1.32. The minimum Gasteiger partial charge on any atom is -0.337 e. The van der Waals surface area contributed by atoms with E-state index >= 15 is 0 Å². The lowest BCUT2D eigenvalue weighted by molar-refractivity contribution is 0.424. The Morgan fingerprint density at radius 1 is 1.19 bits per heavy atom. The van der Waals surface area contributed by atoms with Crippen LogP contribution < -0.4 is 0 Å². The van der Waals surface area contributed by atoms with Crippen molar-refractivity contribution in [3.63, 3.8) is 0 Å². The molecule has 1 N–H and O–H groups in total. The number of rotatable bonds is 5. The van der Waals surface area contributed by atoms with Gasteiger partial charge in [-0.25, -0.2) is 0 Å². The molecule has 0 aliphatic rings. The molecule has 1 aromatic heterocycles. The van der Waals surface area contributed by atoms with E-state index < -0.39 is 0 Å². The fourth-order valence-electron chi connectivity index (χ4n) is 2.00. The molecule has 2 nitrogen and oxygen atoms in total. The first-order chi connectivity index (χ1) is 7.43. The Hall–Kier alpha value is -0.570. The first-order valence-electron chi connectivity index (χ1n) is 6.23. The van der Waals surface area contributed by atoms with Crippen molar-refractivity contribution in [1.82, 2.24) is 9.55 Å². The van der Waals surface area contributed by atoms with Crippen LogP contribution in [0.3, 0.4) is 0 Å². The van der Waals surface area contributed by atoms with E-state index in [1.54, 1.807) is 0 Å². The molecule has 0 aromatic carbocycles. The van der Waals surface area contributed by atoms with E-state index in [2.05, 4.69) is 50.4 Å². The third-order valence-electron chi connectivity index (χ3n) is 3.03. The van der Waals surface area contributed by atoms with Gasteiger partial charge in [0.2, 0.25) is 0 Å². The van der Waals surface area contributed by atoms with E-state index in [-0.39, 0.29) is 0 Å². The highest BCUT2D eigenvalue weighted by molar-refractivity contribution is 7.71. The van der Waals surface area contributed by atoms with Crippen molar-refractivity contribution in [2.45, 2.75) is 59.4 Å². The molecule has 1 atom stereocenters. The molecule has 0 fully saturated rings. The van der Waals surface area contributed by atoms with Crippen LogP contribution in [0, 0.1) is 10.7 Å². The van der Waals surface area contributed by atoms with E-state index in [9.17, 15) is 0 Å². The Bertz CT molecular complexity index is 374. The van der Waals surface area contributed by atoms with Crippen LogP contribution in [0.4, 0.5) is 0 Å². The summed E-state index contributed by atoms with van der Waals surface area (Å²) < 4.78 is 3.14. The summed E-state index contributed by atoms with van der Waals surface area (Å²) in [5.74, 6) is 1.28. The lowest BCUT2D eigenvalue weighted by Gasteiger charge is -2.19. The number of hydrogen-bond donors (Lipinski definition) is 1. The second-order valence-corrected chi connectivity index (χ2v) is 5.75. The lowest BCUT2D eigenvalue weighted by Crippen LogP contribution is -2.11. The molecule has 0 saturated heterocycles. The van der Waals surface area contributed by atoms with Crippen LogP contribution in [0.2, 0.25) is 0 Å². The highest BCUT2D eigenvalue weighted by Gasteiger charge is 2.13. The van der Waals surface area contributed by atoms with Crippen LogP contribution in [-0.4, -0.2) is 9.55 Å². The number of imidazole rings is 1. The normalized spacial score (nSPS) is 13.7. The predicted molar refractivity (Wildman–Crippen MR) is 72.5 cm³/mol. The van der Waals surface area contributed by atoms with Crippen LogP contribution in [-0.2, 0) is 0 Å². The Kier molecular flexibility index (Phi) is 4.78. The smallest absolute Gasteiger partial charge is 0.177 e. The summed E-state index contributed by atoms with van der Waals surface area (Å²) in [4.78, 5) is 3.16. The molecule has 92 valence electrons. The zero-order valence-electron chi connectivity index (χ0n) is 11.1. The molecule has 0 aliphatic carbocycles. The largest absolute Gasteiger partial charge is 0.337 e. The molecule has 1 aromatic rings. The highest BCUT2D eigenvalue weighted by Crippen LogP contribution is 2.23. The maximum absolute atomic E-state index is 5.36. The summed E-state index contributed by atoms with van der Waals surface area (Å²) >= 11 is 5.36. The minimum atomic E-state index is 0.499. The van der Waals surface area contributed by atoms with Gasteiger partial charge in [-0.3, -0.25) is 0 Å². The average Bonchev–Trinajstić information content (AvgIpc) is 2.56. The summed E-state index contributed by atoms with van der Waals surface area (Å²) in [6.07, 6.45) is 4.51. The van der Waals surface area contributed by atoms with Gasteiger partial charge in [0, 0.05) is 17.9 Å². The zero-order chi connectivity index (χ0) is 12.3. The van der Waals surface area contributed by atoms with Crippen molar-refractivity contribution in [3.8, 4) is 0 Å². The van der Waals surface area contributed by atoms with Gasteiger partial charge in [0.15, 0.2) is 4.77 Å². The Morgan fingerprint density at radius 2 is 1.81 bits per heavy atom. The van der Waals surface area contributed by atoms with Crippen LogP contribution in [0.1, 0.15) is 65.1 Å². The first-order valence-corrected chi connectivity index (χ1v) is 6.64. The number of nitrogens with one attached hydrogen (secondary N) is 1. The SMILES string of the molecule is CC(C)CCC(C)n1c(C(C)C)c[nH]c1=S. The molecule has 16 heavy (non-hydrogen) atoms. The molecule has 0 amide bonds. The molecule has 3 heteroatoms. The molecule has 0 saturated carbocycles. The topological polar surface area (TPSA) is 20.7 Å². The van der Waals surface area contributed by atoms with Gasteiger partial charge in [-0.1, -0.05) is 27.7 Å². The zero-order valence-corrected chi connectivity index (χ0v) is 11.9. The Balaban J connectivity index is 2.85. The third kappa shape index (κ3) is 3.21. The number of nitrogens with zero attached hydrogens (tertiary/aromatic N) is 1. The Morgan fingerprint density at radius 3 is 2.31 bits per heavy atom. The number of H-pyrrole nitrogens is 1. The molecule has 1 heterocycles. The quantitative estimate of drug-likeness (QED) is 0.742. The van der Waals surface area contributed by atoms with E-state index in [0.29, 0.717) is 12.0 Å². The molecule has 0 spiro atoms. The van der Waals surface area contributed by atoms with Crippen LogP contribution in [0.15, 0.2) is 6.20 Å². The van der Waals surface area contributed by atoms with Gasteiger partial charge in [0.05, 0.1) is 0 Å². The third-order valence-corrected chi connectivity index (χ3v) is 3.35. The van der Waals surface area contributed by atoms with E-state index in [1.807, 2.05) is 0 Å². The van der Waals surface area contributed by atoms with Crippen molar-refractivity contribution in [1.29, 1.82) is 0 Å². The van der Waals surface area contributed by atoms with Crippen molar-refractivity contribution in [2.75, 3.05) is 0 Å². The fourth-order valence-corrected chi connectivity index (χ4v) is 2.34. The second kappa shape index (κ2) is 5.67. The van der Waals surface area contributed by atoms with Gasteiger partial charge in [0.1, 0.15) is 0 Å². The van der Waals surface area contributed by atoms with Crippen LogP contribution in [0.25, 0.3) is 0 Å². The molecule has 1 rings (SSSR count). The average molecular weight is 240 g/mol. The maximum Gasteiger partial charge on any atom is 0.177 e. The minimum absolute atomic E-state index is 0.499. The van der Waals surface area contributed by atoms with Crippen molar-refractivity contribution < 1.29 is 0 Å². The van der Waals surface area contributed by atoms with Crippen LogP contribution in [0.5, 0.6) is 0 Å². The number of aromatic amines is 1. The lowest BCUT2D eigenvalue weighted by atomic mass is 10.0. The van der Waals surface area contributed by atoms with Gasteiger partial charge < -0.3 is 9.55 Å². The van der Waals surface area contributed by atoms with Gasteiger partial charge >= 0.3 is 0 Å². The summed E-state index contributed by atoms with van der Waals surface area (Å²) in [6, 6.07) is 0.499. The fraction of sp³-hybridized carbons (Fsp3) is 0.769. The van der Waals surface area contributed by atoms with Crippen molar-refractivity contribution >= 4 is 12.2 Å². The van der Waals surface area contributed by atoms with Crippen molar-refractivity contribution in [3.05, 3.63) is 16.7 Å². The summed E-state index contributed by atoms with van der Waals surface area (Å²) in [6.45, 7) is 11.2. The molecule has 0 aliphatic heterocycles. The number of aromatic nitrogens is 2. The monoisotopic (exact) mass is 240 g/mol. The number of hydrogen-bond acceptors (Lipinski definition) is 1.